The Balaban J connectivity index is 1.64. The molecule has 150 valence electrons. The van der Waals surface area contributed by atoms with Crippen molar-refractivity contribution in [2.24, 2.45) is 11.7 Å². The number of hydrogen-bond donors (Lipinski definition) is 1. The predicted octanol–water partition coefficient (Wildman–Crippen LogP) is 4.35. The highest BCUT2D eigenvalue weighted by atomic mass is 19.1. The minimum absolute atomic E-state index is 0.0518. The van der Waals surface area contributed by atoms with Crippen LogP contribution in [0.4, 0.5) is 4.39 Å². The zero-order valence-electron chi connectivity index (χ0n) is 16.3. The normalized spacial score (nSPS) is 17.9. The lowest BCUT2D eigenvalue weighted by molar-refractivity contribution is 0.0661. The van der Waals surface area contributed by atoms with E-state index in [1.165, 1.54) is 12.3 Å². The molecule has 5 nitrogen and oxygen atoms in total. The highest BCUT2D eigenvalue weighted by molar-refractivity contribution is 6.00. The van der Waals surface area contributed by atoms with Gasteiger partial charge in [0.05, 0.1) is 17.3 Å². The monoisotopic (exact) mass is 393 g/mol. The molecule has 1 aliphatic rings. The van der Waals surface area contributed by atoms with Gasteiger partial charge >= 0.3 is 0 Å². The van der Waals surface area contributed by atoms with Crippen LogP contribution in [0.3, 0.4) is 0 Å². The van der Waals surface area contributed by atoms with Crippen LogP contribution in [0.25, 0.3) is 22.8 Å². The van der Waals surface area contributed by atoms with Gasteiger partial charge in [0.25, 0.3) is 5.91 Å². The van der Waals surface area contributed by atoms with Gasteiger partial charge in [0, 0.05) is 24.7 Å². The van der Waals surface area contributed by atoms with Crippen LogP contribution >= 0.6 is 0 Å². The van der Waals surface area contributed by atoms with Crippen LogP contribution < -0.4 is 5.73 Å². The largest absolute Gasteiger partial charge is 0.436 e. The SMILES string of the molecule is C[C@H](N)[C@H]1CCCN(C(=O)c2ccccc2-c2ncc(-c3ccccc3F)o2)C1. The van der Waals surface area contributed by atoms with E-state index in [9.17, 15) is 9.18 Å². The first-order chi connectivity index (χ1) is 14.0. The summed E-state index contributed by atoms with van der Waals surface area (Å²) in [5.74, 6) is 0.490. The number of carbonyl (C=O) groups is 1. The number of benzene rings is 2. The van der Waals surface area contributed by atoms with Crippen LogP contribution in [0.15, 0.2) is 59.1 Å². The van der Waals surface area contributed by atoms with Gasteiger partial charge < -0.3 is 15.1 Å². The maximum absolute atomic E-state index is 14.1. The summed E-state index contributed by atoms with van der Waals surface area (Å²) in [5.41, 5.74) is 7.53. The molecule has 29 heavy (non-hydrogen) atoms. The van der Waals surface area contributed by atoms with Crippen molar-refractivity contribution in [2.45, 2.75) is 25.8 Å². The van der Waals surface area contributed by atoms with Gasteiger partial charge in [-0.1, -0.05) is 24.3 Å². The van der Waals surface area contributed by atoms with Gasteiger partial charge in [-0.2, -0.15) is 0 Å². The Labute approximate surface area is 169 Å². The number of nitrogens with zero attached hydrogens (tertiary/aromatic N) is 2. The Bertz CT molecular complexity index is 1010. The molecule has 0 unspecified atom stereocenters. The Morgan fingerprint density at radius 3 is 2.69 bits per heavy atom. The molecule has 2 atom stereocenters. The van der Waals surface area contributed by atoms with Gasteiger partial charge in [0.2, 0.25) is 5.89 Å². The van der Waals surface area contributed by atoms with Gasteiger partial charge in [-0.25, -0.2) is 9.37 Å². The number of carbonyl (C=O) groups excluding carboxylic acids is 1. The van der Waals surface area contributed by atoms with E-state index in [4.69, 9.17) is 10.2 Å². The second kappa shape index (κ2) is 8.17. The number of rotatable bonds is 4. The van der Waals surface area contributed by atoms with Crippen LogP contribution in [-0.4, -0.2) is 34.9 Å². The van der Waals surface area contributed by atoms with E-state index >= 15 is 0 Å². The fourth-order valence-corrected chi connectivity index (χ4v) is 3.83. The molecule has 4 rings (SSSR count). The Morgan fingerprint density at radius 2 is 1.93 bits per heavy atom. The molecule has 6 heteroatoms. The molecule has 2 N–H and O–H groups in total. The third-order valence-electron chi connectivity index (χ3n) is 5.52. The second-order valence-corrected chi connectivity index (χ2v) is 7.57. The summed E-state index contributed by atoms with van der Waals surface area (Å²) in [4.78, 5) is 19.4. The van der Waals surface area contributed by atoms with E-state index in [-0.39, 0.29) is 17.8 Å². The lowest BCUT2D eigenvalue weighted by Crippen LogP contribution is -2.45. The van der Waals surface area contributed by atoms with E-state index in [1.54, 1.807) is 30.3 Å². The molecule has 2 aromatic carbocycles. The number of nitrogens with two attached hydrogens (primary N) is 1. The first kappa shape index (κ1) is 19.3. The zero-order chi connectivity index (χ0) is 20.4. The lowest BCUT2D eigenvalue weighted by atomic mass is 9.91. The average Bonchev–Trinajstić information content (AvgIpc) is 3.23. The highest BCUT2D eigenvalue weighted by Crippen LogP contribution is 2.31. The summed E-state index contributed by atoms with van der Waals surface area (Å²) in [6.07, 6.45) is 3.47. The molecule has 0 spiro atoms. The molecule has 1 saturated heterocycles. The van der Waals surface area contributed by atoms with Crippen molar-refractivity contribution < 1.29 is 13.6 Å². The van der Waals surface area contributed by atoms with Crippen molar-refractivity contribution in [1.82, 2.24) is 9.88 Å². The van der Waals surface area contributed by atoms with Crippen LogP contribution in [0.1, 0.15) is 30.1 Å². The van der Waals surface area contributed by atoms with E-state index in [1.807, 2.05) is 24.0 Å². The minimum Gasteiger partial charge on any atom is -0.436 e. The lowest BCUT2D eigenvalue weighted by Gasteiger charge is -2.34. The maximum atomic E-state index is 14.1. The molecule has 3 aromatic rings. The smallest absolute Gasteiger partial charge is 0.254 e. The molecular formula is C23H24FN3O2. The van der Waals surface area contributed by atoms with E-state index in [0.717, 1.165) is 12.8 Å². The van der Waals surface area contributed by atoms with E-state index in [2.05, 4.69) is 4.98 Å². The van der Waals surface area contributed by atoms with Crippen LogP contribution in [0.5, 0.6) is 0 Å². The number of amides is 1. The molecule has 0 radical (unpaired) electrons. The summed E-state index contributed by atoms with van der Waals surface area (Å²) >= 11 is 0. The Morgan fingerprint density at radius 1 is 1.21 bits per heavy atom. The number of aromatic nitrogens is 1. The van der Waals surface area contributed by atoms with Gasteiger partial charge in [-0.15, -0.1) is 0 Å². The number of likely N-dealkylation sites (tertiary alicyclic amines) is 1. The van der Waals surface area contributed by atoms with Gasteiger partial charge in [0.1, 0.15) is 5.82 Å². The summed E-state index contributed by atoms with van der Waals surface area (Å²) in [6, 6.07) is 13.7. The third kappa shape index (κ3) is 3.93. The molecule has 0 saturated carbocycles. The molecule has 1 amide bonds. The second-order valence-electron chi connectivity index (χ2n) is 7.57. The van der Waals surface area contributed by atoms with Gasteiger partial charge in [-0.05, 0) is 49.9 Å². The summed E-state index contributed by atoms with van der Waals surface area (Å²) in [5, 5.41) is 0. The number of hydrogen-bond acceptors (Lipinski definition) is 4. The Kier molecular flexibility index (Phi) is 5.45. The van der Waals surface area contributed by atoms with Crippen molar-refractivity contribution in [3.8, 4) is 22.8 Å². The maximum Gasteiger partial charge on any atom is 0.254 e. The van der Waals surface area contributed by atoms with Crippen molar-refractivity contribution in [3.63, 3.8) is 0 Å². The summed E-state index contributed by atoms with van der Waals surface area (Å²) in [7, 11) is 0. The quantitative estimate of drug-likeness (QED) is 0.715. The Hall–Kier alpha value is -2.99. The van der Waals surface area contributed by atoms with Crippen molar-refractivity contribution >= 4 is 5.91 Å². The van der Waals surface area contributed by atoms with Gasteiger partial charge in [-0.3, -0.25) is 4.79 Å². The van der Waals surface area contributed by atoms with Crippen molar-refractivity contribution in [3.05, 3.63) is 66.1 Å². The van der Waals surface area contributed by atoms with E-state index < -0.39 is 0 Å². The first-order valence-electron chi connectivity index (χ1n) is 9.89. The molecule has 1 aliphatic heterocycles. The average molecular weight is 393 g/mol. The molecule has 0 aliphatic carbocycles. The predicted molar refractivity (Wildman–Crippen MR) is 110 cm³/mol. The first-order valence-corrected chi connectivity index (χ1v) is 9.89. The van der Waals surface area contributed by atoms with Crippen molar-refractivity contribution in [1.29, 1.82) is 0 Å². The highest BCUT2D eigenvalue weighted by Gasteiger charge is 2.28. The van der Waals surface area contributed by atoms with E-state index in [0.29, 0.717) is 47.3 Å². The number of oxazole rings is 1. The van der Waals surface area contributed by atoms with Crippen LogP contribution in [0.2, 0.25) is 0 Å². The molecular weight excluding hydrogens is 369 g/mol. The minimum atomic E-state index is -0.380. The van der Waals surface area contributed by atoms with Crippen LogP contribution in [0, 0.1) is 11.7 Å². The topological polar surface area (TPSA) is 72.4 Å². The zero-order valence-corrected chi connectivity index (χ0v) is 16.3. The summed E-state index contributed by atoms with van der Waals surface area (Å²) < 4.78 is 19.9. The third-order valence-corrected chi connectivity index (χ3v) is 5.52. The molecule has 0 bridgehead atoms. The fraction of sp³-hybridized carbons (Fsp3) is 0.304. The number of halogens is 1. The standard InChI is InChI=1S/C23H24FN3O2/c1-15(25)16-7-6-12-27(14-16)23(28)18-9-3-2-8-17(18)22-26-13-21(29-22)19-10-4-5-11-20(19)24/h2-5,8-11,13,15-16H,6-7,12,14,25H2,1H3/t15-,16-/m0/s1. The number of piperidine rings is 1. The molecule has 1 fully saturated rings. The fourth-order valence-electron chi connectivity index (χ4n) is 3.83. The van der Waals surface area contributed by atoms with Crippen molar-refractivity contribution in [2.75, 3.05) is 13.1 Å². The molecule has 1 aromatic heterocycles. The summed E-state index contributed by atoms with van der Waals surface area (Å²) in [6.45, 7) is 3.35. The molecule has 2 heterocycles. The van der Waals surface area contributed by atoms with Gasteiger partial charge in [0.15, 0.2) is 5.76 Å². The van der Waals surface area contributed by atoms with Crippen LogP contribution in [-0.2, 0) is 0 Å².